The summed E-state index contributed by atoms with van der Waals surface area (Å²) in [5.41, 5.74) is 6.93. The standard InChI is InChI=1S/C22H26N2O4/c1-24(2)10-11-27-23-21-16-12-19(25-3)20(26-4)13-18(16)28-22(14-17(21)22)15-8-6-5-7-9-15/h5-9,12-13,23H,10-11,14H2,1-4H3. The molecule has 6 heteroatoms. The van der Waals surface area contributed by atoms with Crippen molar-refractivity contribution < 1.29 is 19.0 Å². The van der Waals surface area contributed by atoms with E-state index in [1.807, 2.05) is 44.4 Å². The van der Waals surface area contributed by atoms with E-state index < -0.39 is 5.60 Å². The Labute approximate surface area is 165 Å². The van der Waals surface area contributed by atoms with E-state index in [1.165, 1.54) is 5.57 Å². The van der Waals surface area contributed by atoms with Gasteiger partial charge < -0.3 is 19.1 Å². The zero-order valence-corrected chi connectivity index (χ0v) is 16.7. The van der Waals surface area contributed by atoms with E-state index in [0.29, 0.717) is 18.1 Å². The number of likely N-dealkylation sites (N-methyl/N-ethyl adjacent to an activating group) is 1. The van der Waals surface area contributed by atoms with Gasteiger partial charge in [-0.3, -0.25) is 10.3 Å². The van der Waals surface area contributed by atoms with Crippen LogP contribution in [0.5, 0.6) is 17.2 Å². The van der Waals surface area contributed by atoms with Gasteiger partial charge in [0.1, 0.15) is 5.75 Å². The summed E-state index contributed by atoms with van der Waals surface area (Å²) in [7, 11) is 7.30. The number of ether oxygens (including phenoxy) is 3. The monoisotopic (exact) mass is 382 g/mol. The molecule has 1 unspecified atom stereocenters. The highest BCUT2D eigenvalue weighted by Gasteiger charge is 2.58. The molecule has 1 aliphatic carbocycles. The maximum Gasteiger partial charge on any atom is 0.164 e. The first-order chi connectivity index (χ1) is 13.6. The normalized spacial score (nSPS) is 19.6. The molecule has 2 aromatic carbocycles. The predicted octanol–water partition coefficient (Wildman–Crippen LogP) is 3.19. The first kappa shape index (κ1) is 18.7. The van der Waals surface area contributed by atoms with Gasteiger partial charge in [-0.15, -0.1) is 0 Å². The molecule has 1 heterocycles. The summed E-state index contributed by atoms with van der Waals surface area (Å²) >= 11 is 0. The van der Waals surface area contributed by atoms with Gasteiger partial charge >= 0.3 is 0 Å². The van der Waals surface area contributed by atoms with Gasteiger partial charge in [0.05, 0.1) is 26.5 Å². The van der Waals surface area contributed by atoms with Crippen molar-refractivity contribution in [3.63, 3.8) is 0 Å². The lowest BCUT2D eigenvalue weighted by molar-refractivity contribution is 0.0651. The molecular formula is C22H26N2O4. The van der Waals surface area contributed by atoms with Crippen LogP contribution in [0.1, 0.15) is 17.5 Å². The summed E-state index contributed by atoms with van der Waals surface area (Å²) in [5.74, 6) is 2.05. The number of fused-ring (bicyclic) bond motifs is 2. The molecule has 4 rings (SSSR count). The number of methoxy groups -OCH3 is 2. The van der Waals surface area contributed by atoms with Crippen LogP contribution in [0.25, 0.3) is 5.70 Å². The fourth-order valence-corrected chi connectivity index (χ4v) is 3.59. The summed E-state index contributed by atoms with van der Waals surface area (Å²) in [5, 5.41) is 0. The van der Waals surface area contributed by atoms with Crippen molar-refractivity contribution >= 4 is 5.70 Å². The molecule has 0 radical (unpaired) electrons. The zero-order valence-electron chi connectivity index (χ0n) is 16.7. The molecule has 148 valence electrons. The van der Waals surface area contributed by atoms with E-state index >= 15 is 0 Å². The summed E-state index contributed by atoms with van der Waals surface area (Å²) in [6.45, 7) is 1.40. The van der Waals surface area contributed by atoms with Gasteiger partial charge in [-0.25, -0.2) is 0 Å². The lowest BCUT2D eigenvalue weighted by Gasteiger charge is -2.27. The Balaban J connectivity index is 1.72. The Morgan fingerprint density at radius 3 is 2.46 bits per heavy atom. The number of hydroxylamine groups is 1. The van der Waals surface area contributed by atoms with E-state index in [-0.39, 0.29) is 0 Å². The largest absolute Gasteiger partial charge is 0.493 e. The molecule has 0 aromatic heterocycles. The quantitative estimate of drug-likeness (QED) is 0.559. The molecule has 0 spiro atoms. The van der Waals surface area contributed by atoms with E-state index in [1.54, 1.807) is 14.2 Å². The van der Waals surface area contributed by atoms with Gasteiger partial charge in [-0.1, -0.05) is 30.3 Å². The minimum Gasteiger partial charge on any atom is -0.493 e. The topological polar surface area (TPSA) is 52.2 Å². The number of hydrogen-bond donors (Lipinski definition) is 1. The molecule has 1 aliphatic heterocycles. The van der Waals surface area contributed by atoms with Gasteiger partial charge in [0.15, 0.2) is 17.1 Å². The minimum absolute atomic E-state index is 0.443. The average molecular weight is 382 g/mol. The Kier molecular flexibility index (Phi) is 4.91. The molecule has 2 aliphatic rings. The van der Waals surface area contributed by atoms with E-state index in [0.717, 1.165) is 35.5 Å². The third kappa shape index (κ3) is 3.19. The molecule has 28 heavy (non-hydrogen) atoms. The number of benzene rings is 2. The second-order valence-electron chi connectivity index (χ2n) is 7.28. The third-order valence-electron chi connectivity index (χ3n) is 5.18. The van der Waals surface area contributed by atoms with Crippen LogP contribution in [0.3, 0.4) is 0 Å². The second-order valence-corrected chi connectivity index (χ2v) is 7.28. The molecule has 6 nitrogen and oxygen atoms in total. The first-order valence-corrected chi connectivity index (χ1v) is 9.36. The molecule has 2 aromatic rings. The van der Waals surface area contributed by atoms with Crippen molar-refractivity contribution in [1.82, 2.24) is 10.4 Å². The van der Waals surface area contributed by atoms with Crippen LogP contribution in [0.4, 0.5) is 0 Å². The highest BCUT2D eigenvalue weighted by molar-refractivity contribution is 5.82. The number of nitrogens with zero attached hydrogens (tertiary/aromatic N) is 1. The smallest absolute Gasteiger partial charge is 0.164 e. The molecule has 0 saturated heterocycles. The molecule has 0 bridgehead atoms. The summed E-state index contributed by atoms with van der Waals surface area (Å²) < 4.78 is 17.5. The van der Waals surface area contributed by atoms with Gasteiger partial charge in [0, 0.05) is 35.7 Å². The fourth-order valence-electron chi connectivity index (χ4n) is 3.59. The van der Waals surface area contributed by atoms with Gasteiger partial charge in [-0.05, 0) is 20.2 Å². The lowest BCUT2D eigenvalue weighted by Crippen LogP contribution is -2.26. The van der Waals surface area contributed by atoms with Crippen LogP contribution in [0, 0.1) is 0 Å². The highest BCUT2D eigenvalue weighted by Crippen LogP contribution is 2.61. The van der Waals surface area contributed by atoms with Crippen LogP contribution in [0.2, 0.25) is 0 Å². The molecular weight excluding hydrogens is 356 g/mol. The van der Waals surface area contributed by atoms with Gasteiger partial charge in [0.2, 0.25) is 0 Å². The number of rotatable bonds is 8. The van der Waals surface area contributed by atoms with Crippen molar-refractivity contribution in [1.29, 1.82) is 0 Å². The maximum atomic E-state index is 6.50. The van der Waals surface area contributed by atoms with Gasteiger partial charge in [0.25, 0.3) is 0 Å². The predicted molar refractivity (Wildman–Crippen MR) is 107 cm³/mol. The maximum absolute atomic E-state index is 6.50. The molecule has 1 atom stereocenters. The Bertz CT molecular complexity index is 895. The summed E-state index contributed by atoms with van der Waals surface area (Å²) in [6.07, 6.45) is 0.815. The summed E-state index contributed by atoms with van der Waals surface area (Å²) in [4.78, 5) is 7.85. The van der Waals surface area contributed by atoms with Crippen LogP contribution in [-0.4, -0.2) is 46.4 Å². The van der Waals surface area contributed by atoms with Crippen LogP contribution >= 0.6 is 0 Å². The number of nitrogens with one attached hydrogen (secondary N) is 1. The van der Waals surface area contributed by atoms with E-state index in [9.17, 15) is 0 Å². The summed E-state index contributed by atoms with van der Waals surface area (Å²) in [6, 6.07) is 14.1. The fraction of sp³-hybridized carbons (Fsp3) is 0.364. The molecule has 1 N–H and O–H groups in total. The van der Waals surface area contributed by atoms with Crippen molar-refractivity contribution in [3.05, 3.63) is 59.2 Å². The molecule has 1 fully saturated rings. The SMILES string of the molecule is COc1cc2c(cc1OC)C(NOCCN(C)C)=C1CC1(c1ccccc1)O2. The Morgan fingerprint density at radius 2 is 1.79 bits per heavy atom. The Hall–Kier alpha value is -2.70. The Morgan fingerprint density at radius 1 is 1.07 bits per heavy atom. The zero-order chi connectivity index (χ0) is 19.7. The third-order valence-corrected chi connectivity index (χ3v) is 5.18. The van der Waals surface area contributed by atoms with Crippen molar-refractivity contribution in [2.24, 2.45) is 0 Å². The van der Waals surface area contributed by atoms with Crippen LogP contribution < -0.4 is 19.7 Å². The minimum atomic E-state index is -0.443. The van der Waals surface area contributed by atoms with E-state index in [2.05, 4.69) is 22.5 Å². The average Bonchev–Trinajstić information content (AvgIpc) is 3.45. The first-order valence-electron chi connectivity index (χ1n) is 9.36. The van der Waals surface area contributed by atoms with Gasteiger partial charge in [-0.2, -0.15) is 0 Å². The number of hydrogen-bond acceptors (Lipinski definition) is 6. The highest BCUT2D eigenvalue weighted by atomic mass is 16.6. The molecule has 1 saturated carbocycles. The molecule has 0 amide bonds. The van der Waals surface area contributed by atoms with Crippen LogP contribution in [-0.2, 0) is 10.4 Å². The van der Waals surface area contributed by atoms with Crippen molar-refractivity contribution in [2.75, 3.05) is 41.5 Å². The van der Waals surface area contributed by atoms with E-state index in [4.69, 9.17) is 19.0 Å². The second kappa shape index (κ2) is 7.37. The lowest BCUT2D eigenvalue weighted by atomic mass is 10.0. The van der Waals surface area contributed by atoms with Crippen LogP contribution in [0.15, 0.2) is 48.0 Å². The van der Waals surface area contributed by atoms with Crippen molar-refractivity contribution in [2.45, 2.75) is 12.0 Å². The van der Waals surface area contributed by atoms with Crippen molar-refractivity contribution in [3.8, 4) is 17.2 Å².